The molecule has 76 valence electrons. The van der Waals surface area contributed by atoms with Crippen LogP contribution in [0, 0.1) is 24.0 Å². The zero-order valence-electron chi connectivity index (χ0n) is 9.51. The van der Waals surface area contributed by atoms with Gasteiger partial charge in [0.15, 0.2) is 0 Å². The lowest BCUT2D eigenvalue weighted by molar-refractivity contribution is 0.404. The lowest BCUT2D eigenvalue weighted by Gasteiger charge is -2.14. The molecule has 2 atom stereocenters. The first-order valence-electron chi connectivity index (χ1n) is 5.59. The summed E-state index contributed by atoms with van der Waals surface area (Å²) >= 11 is 0. The molecule has 0 heterocycles. The summed E-state index contributed by atoms with van der Waals surface area (Å²) in [7, 11) is 0. The van der Waals surface area contributed by atoms with E-state index in [4.69, 9.17) is 0 Å². The van der Waals surface area contributed by atoms with Gasteiger partial charge in [0.25, 0.3) is 0 Å². The number of rotatable bonds is 5. The van der Waals surface area contributed by atoms with E-state index in [1.165, 1.54) is 18.4 Å². The third kappa shape index (κ3) is 3.83. The van der Waals surface area contributed by atoms with Crippen LogP contribution in [-0.2, 0) is 6.42 Å². The van der Waals surface area contributed by atoms with E-state index in [-0.39, 0.29) is 0 Å². The molecule has 0 nitrogen and oxygen atoms in total. The molecule has 0 fully saturated rings. The van der Waals surface area contributed by atoms with Gasteiger partial charge in [0.2, 0.25) is 0 Å². The van der Waals surface area contributed by atoms with Crippen LogP contribution in [0.5, 0.6) is 0 Å². The van der Waals surface area contributed by atoms with E-state index in [1.54, 1.807) is 0 Å². The molecule has 0 heteroatoms. The first-order chi connectivity index (χ1) is 6.72. The minimum atomic E-state index is 0.761. The molecule has 0 amide bonds. The lowest BCUT2D eigenvalue weighted by atomic mass is 9.91. The predicted molar refractivity (Wildman–Crippen MR) is 61.1 cm³/mol. The van der Waals surface area contributed by atoms with E-state index in [1.807, 2.05) is 12.1 Å². The van der Waals surface area contributed by atoms with Gasteiger partial charge in [0, 0.05) is 5.56 Å². The van der Waals surface area contributed by atoms with Crippen molar-refractivity contribution < 1.29 is 0 Å². The fraction of sp³-hybridized carbons (Fsp3) is 0.571. The van der Waals surface area contributed by atoms with Crippen molar-refractivity contribution in [2.75, 3.05) is 0 Å². The van der Waals surface area contributed by atoms with Gasteiger partial charge in [-0.2, -0.15) is 0 Å². The number of hydrogen-bond acceptors (Lipinski definition) is 0. The second kappa shape index (κ2) is 5.70. The normalized spacial score (nSPS) is 14.5. The van der Waals surface area contributed by atoms with E-state index in [0.717, 1.165) is 18.3 Å². The Labute approximate surface area is 88.4 Å². The Kier molecular flexibility index (Phi) is 4.53. The maximum Gasteiger partial charge on any atom is 0.00267 e. The molecule has 2 unspecified atom stereocenters. The van der Waals surface area contributed by atoms with Crippen molar-refractivity contribution in [1.29, 1.82) is 0 Å². The third-order valence-corrected chi connectivity index (χ3v) is 2.78. The minimum absolute atomic E-state index is 0.761. The monoisotopic (exact) mass is 188 g/mol. The molecule has 1 rings (SSSR count). The molecule has 0 aliphatic rings. The summed E-state index contributed by atoms with van der Waals surface area (Å²) in [6.07, 6.45) is 3.75. The smallest absolute Gasteiger partial charge is 0.00267 e. The molecule has 0 radical (unpaired) electrons. The summed E-state index contributed by atoms with van der Waals surface area (Å²) in [6.45, 7) is 6.92. The zero-order chi connectivity index (χ0) is 10.4. The van der Waals surface area contributed by atoms with Crippen LogP contribution in [0.2, 0.25) is 0 Å². The molecule has 0 saturated heterocycles. The molecule has 0 aromatic heterocycles. The summed E-state index contributed by atoms with van der Waals surface area (Å²) in [5.74, 6) is 1.61. The van der Waals surface area contributed by atoms with Gasteiger partial charge in [-0.25, -0.2) is 0 Å². The van der Waals surface area contributed by atoms with E-state index in [0.29, 0.717) is 0 Å². The summed E-state index contributed by atoms with van der Waals surface area (Å²) in [5, 5.41) is 0. The van der Waals surface area contributed by atoms with Crippen LogP contribution in [0.15, 0.2) is 18.2 Å². The quantitative estimate of drug-likeness (QED) is 0.657. The van der Waals surface area contributed by atoms with Crippen LogP contribution in [0.25, 0.3) is 0 Å². The minimum Gasteiger partial charge on any atom is -0.0700 e. The van der Waals surface area contributed by atoms with Gasteiger partial charge in [-0.05, 0) is 36.8 Å². The summed E-state index contributed by atoms with van der Waals surface area (Å²) < 4.78 is 0. The zero-order valence-corrected chi connectivity index (χ0v) is 9.51. The van der Waals surface area contributed by atoms with Crippen LogP contribution < -0.4 is 0 Å². The number of hydrogen-bond donors (Lipinski definition) is 0. The Balaban J connectivity index is 2.37. The van der Waals surface area contributed by atoms with Gasteiger partial charge in [-0.15, -0.1) is 0 Å². The van der Waals surface area contributed by atoms with Crippen LogP contribution in [0.4, 0.5) is 0 Å². The average molecular weight is 188 g/mol. The Bertz CT molecular complexity index is 237. The Hall–Kier alpha value is -0.960. The molecular weight excluding hydrogens is 168 g/mol. The molecule has 1 aromatic rings. The van der Waals surface area contributed by atoms with E-state index >= 15 is 0 Å². The Morgan fingerprint density at radius 1 is 1.29 bits per heavy atom. The van der Waals surface area contributed by atoms with Crippen molar-refractivity contribution in [3.8, 4) is 0 Å². The molecule has 0 bridgehead atoms. The van der Waals surface area contributed by atoms with Crippen molar-refractivity contribution in [2.45, 2.75) is 40.0 Å². The van der Waals surface area contributed by atoms with Crippen molar-refractivity contribution in [3.63, 3.8) is 0 Å². The van der Waals surface area contributed by atoms with Gasteiger partial charge in [-0.1, -0.05) is 45.4 Å². The van der Waals surface area contributed by atoms with Gasteiger partial charge in [0.05, 0.1) is 0 Å². The summed E-state index contributed by atoms with van der Waals surface area (Å²) in [6, 6.07) is 12.3. The fourth-order valence-electron chi connectivity index (χ4n) is 1.82. The van der Waals surface area contributed by atoms with Crippen LogP contribution in [-0.4, -0.2) is 0 Å². The maximum absolute atomic E-state index is 3.17. The van der Waals surface area contributed by atoms with Crippen molar-refractivity contribution in [1.82, 2.24) is 0 Å². The van der Waals surface area contributed by atoms with Crippen LogP contribution in [0.1, 0.15) is 39.2 Å². The lowest BCUT2D eigenvalue weighted by Crippen LogP contribution is -2.05. The van der Waals surface area contributed by atoms with Crippen LogP contribution in [0.3, 0.4) is 0 Å². The molecule has 0 aliphatic carbocycles. The standard InChI is InChI=1S/C14H20/c1-4-12(2)10-13(3)11-14-8-6-5-7-9-14/h5-6,8,12-13H,4,10-11H2,1-3H3. The van der Waals surface area contributed by atoms with Crippen molar-refractivity contribution in [2.24, 2.45) is 11.8 Å². The second-order valence-electron chi connectivity index (χ2n) is 4.38. The Morgan fingerprint density at radius 2 is 2.07 bits per heavy atom. The van der Waals surface area contributed by atoms with Gasteiger partial charge < -0.3 is 0 Å². The molecule has 0 saturated carbocycles. The van der Waals surface area contributed by atoms with Gasteiger partial charge >= 0.3 is 0 Å². The highest BCUT2D eigenvalue weighted by molar-refractivity contribution is 5.08. The first kappa shape index (κ1) is 11.1. The van der Waals surface area contributed by atoms with E-state index < -0.39 is 0 Å². The van der Waals surface area contributed by atoms with Gasteiger partial charge in [-0.3, -0.25) is 0 Å². The highest BCUT2D eigenvalue weighted by Crippen LogP contribution is 2.17. The first-order valence-corrected chi connectivity index (χ1v) is 5.59. The largest absolute Gasteiger partial charge is 0.0700 e. The highest BCUT2D eigenvalue weighted by atomic mass is 14.1. The second-order valence-corrected chi connectivity index (χ2v) is 4.38. The Morgan fingerprint density at radius 3 is 2.64 bits per heavy atom. The maximum atomic E-state index is 3.17. The third-order valence-electron chi connectivity index (χ3n) is 2.78. The van der Waals surface area contributed by atoms with Gasteiger partial charge in [0.1, 0.15) is 0 Å². The van der Waals surface area contributed by atoms with Crippen molar-refractivity contribution in [3.05, 3.63) is 35.9 Å². The summed E-state index contributed by atoms with van der Waals surface area (Å²) in [5.41, 5.74) is 1.29. The fourth-order valence-corrected chi connectivity index (χ4v) is 1.82. The van der Waals surface area contributed by atoms with E-state index in [9.17, 15) is 0 Å². The molecule has 1 aromatic carbocycles. The topological polar surface area (TPSA) is 0 Å². The molecule has 0 spiro atoms. The SMILES string of the molecule is CCC(C)CC(C)Cc1c#cccc1. The highest BCUT2D eigenvalue weighted by Gasteiger charge is 2.07. The average Bonchev–Trinajstić information content (AvgIpc) is 2.19. The predicted octanol–water partition coefficient (Wildman–Crippen LogP) is 3.90. The molecule has 14 heavy (non-hydrogen) atoms. The molecular formula is C14H20. The van der Waals surface area contributed by atoms with E-state index in [2.05, 4.69) is 39.0 Å². The summed E-state index contributed by atoms with van der Waals surface area (Å²) in [4.78, 5) is 0. The molecule has 0 aliphatic heterocycles. The van der Waals surface area contributed by atoms with Crippen LogP contribution >= 0.6 is 0 Å². The molecule has 0 N–H and O–H groups in total. The van der Waals surface area contributed by atoms with Crippen molar-refractivity contribution >= 4 is 0 Å².